The first-order valence-electron chi connectivity index (χ1n) is 9.07. The summed E-state index contributed by atoms with van der Waals surface area (Å²) in [6.45, 7) is 3.63. The van der Waals surface area contributed by atoms with E-state index in [0.29, 0.717) is 13.1 Å². The maximum absolute atomic E-state index is 12.1. The zero-order valence-electron chi connectivity index (χ0n) is 15.3. The van der Waals surface area contributed by atoms with Crippen LogP contribution in [0.2, 0.25) is 0 Å². The van der Waals surface area contributed by atoms with Crippen molar-refractivity contribution in [3.63, 3.8) is 0 Å². The second kappa shape index (κ2) is 10.0. The number of carbonyl (C=O) groups excluding carboxylic acids is 2. The molecule has 2 amide bonds. The number of amides is 2. The van der Waals surface area contributed by atoms with E-state index in [9.17, 15) is 9.59 Å². The van der Waals surface area contributed by atoms with E-state index < -0.39 is 0 Å². The van der Waals surface area contributed by atoms with E-state index in [1.54, 1.807) is 7.05 Å². The summed E-state index contributed by atoms with van der Waals surface area (Å²) in [7, 11) is 3.74. The van der Waals surface area contributed by atoms with Crippen molar-refractivity contribution in [3.05, 3.63) is 30.3 Å². The summed E-state index contributed by atoms with van der Waals surface area (Å²) in [5.41, 5.74) is 1.19. The molecule has 0 bridgehead atoms. The minimum absolute atomic E-state index is 0.0701. The van der Waals surface area contributed by atoms with Gasteiger partial charge in [-0.3, -0.25) is 14.5 Å². The predicted octanol–water partition coefficient (Wildman–Crippen LogP) is 1.09. The molecule has 1 aliphatic rings. The molecule has 0 unspecified atom stereocenters. The van der Waals surface area contributed by atoms with E-state index in [1.807, 2.05) is 18.2 Å². The van der Waals surface area contributed by atoms with Crippen LogP contribution >= 0.6 is 0 Å². The van der Waals surface area contributed by atoms with Gasteiger partial charge in [0.2, 0.25) is 11.8 Å². The molecule has 2 N–H and O–H groups in total. The van der Waals surface area contributed by atoms with E-state index >= 15 is 0 Å². The van der Waals surface area contributed by atoms with Crippen LogP contribution in [0.25, 0.3) is 0 Å². The van der Waals surface area contributed by atoms with E-state index in [4.69, 9.17) is 0 Å². The molecule has 1 fully saturated rings. The summed E-state index contributed by atoms with van der Waals surface area (Å²) in [6, 6.07) is 10.2. The van der Waals surface area contributed by atoms with Crippen LogP contribution in [0.15, 0.2) is 30.3 Å². The van der Waals surface area contributed by atoms with Gasteiger partial charge in [0.05, 0.1) is 6.54 Å². The summed E-state index contributed by atoms with van der Waals surface area (Å²) in [5, 5.41) is 5.70. The SMILES string of the molecule is CNC(=O)C1CCN(CC(=O)NCCCN(C)c2ccccc2)CC1. The normalized spacial score (nSPS) is 15.6. The van der Waals surface area contributed by atoms with Crippen LogP contribution < -0.4 is 15.5 Å². The number of nitrogens with zero attached hydrogens (tertiary/aromatic N) is 2. The van der Waals surface area contributed by atoms with E-state index in [1.165, 1.54) is 5.69 Å². The number of anilines is 1. The molecule has 6 nitrogen and oxygen atoms in total. The molecule has 2 rings (SSSR count). The molecule has 1 aromatic rings. The van der Waals surface area contributed by atoms with Crippen molar-refractivity contribution in [3.8, 4) is 0 Å². The number of carbonyl (C=O) groups is 2. The fourth-order valence-electron chi connectivity index (χ4n) is 3.17. The molecule has 1 heterocycles. The lowest BCUT2D eigenvalue weighted by atomic mass is 9.96. The minimum atomic E-state index is 0.0701. The molecule has 138 valence electrons. The Morgan fingerprint density at radius 2 is 1.88 bits per heavy atom. The average Bonchev–Trinajstić information content (AvgIpc) is 2.65. The van der Waals surface area contributed by atoms with Crippen molar-refractivity contribution >= 4 is 17.5 Å². The minimum Gasteiger partial charge on any atom is -0.375 e. The lowest BCUT2D eigenvalue weighted by Gasteiger charge is -2.30. The molecule has 1 saturated heterocycles. The topological polar surface area (TPSA) is 64.7 Å². The maximum atomic E-state index is 12.1. The van der Waals surface area contributed by atoms with Crippen LogP contribution in [0.4, 0.5) is 5.69 Å². The Kier molecular flexibility index (Phi) is 7.73. The van der Waals surface area contributed by atoms with Crippen molar-refractivity contribution in [1.29, 1.82) is 0 Å². The zero-order valence-corrected chi connectivity index (χ0v) is 15.3. The van der Waals surface area contributed by atoms with Crippen molar-refractivity contribution in [2.75, 3.05) is 51.7 Å². The summed E-state index contributed by atoms with van der Waals surface area (Å²) in [4.78, 5) is 28.0. The third-order valence-corrected chi connectivity index (χ3v) is 4.76. The van der Waals surface area contributed by atoms with Gasteiger partial charge in [0.15, 0.2) is 0 Å². The molecule has 0 radical (unpaired) electrons. The lowest BCUT2D eigenvalue weighted by Crippen LogP contribution is -2.44. The molecule has 0 aromatic heterocycles. The number of para-hydroxylation sites is 1. The average molecular weight is 346 g/mol. The number of benzene rings is 1. The fraction of sp³-hybridized carbons (Fsp3) is 0.579. The highest BCUT2D eigenvalue weighted by atomic mass is 16.2. The fourth-order valence-corrected chi connectivity index (χ4v) is 3.17. The highest BCUT2D eigenvalue weighted by Gasteiger charge is 2.24. The molecule has 0 saturated carbocycles. The second-order valence-corrected chi connectivity index (χ2v) is 6.63. The van der Waals surface area contributed by atoms with E-state index in [0.717, 1.165) is 38.9 Å². The second-order valence-electron chi connectivity index (χ2n) is 6.63. The van der Waals surface area contributed by atoms with Crippen LogP contribution in [-0.2, 0) is 9.59 Å². The first kappa shape index (κ1) is 19.2. The number of piperidine rings is 1. The number of nitrogens with one attached hydrogen (secondary N) is 2. The molecule has 0 aliphatic carbocycles. The van der Waals surface area contributed by atoms with Gasteiger partial charge in [0.25, 0.3) is 0 Å². The Hall–Kier alpha value is -2.08. The third kappa shape index (κ3) is 6.38. The van der Waals surface area contributed by atoms with Gasteiger partial charge in [-0.1, -0.05) is 18.2 Å². The van der Waals surface area contributed by atoms with Gasteiger partial charge in [-0.25, -0.2) is 0 Å². The summed E-state index contributed by atoms with van der Waals surface area (Å²) in [5.74, 6) is 0.283. The predicted molar refractivity (Wildman–Crippen MR) is 101 cm³/mol. The van der Waals surface area contributed by atoms with Gasteiger partial charge >= 0.3 is 0 Å². The Labute approximate surface area is 150 Å². The zero-order chi connectivity index (χ0) is 18.1. The van der Waals surface area contributed by atoms with E-state index in [2.05, 4.69) is 39.6 Å². The van der Waals surface area contributed by atoms with Gasteiger partial charge in [0, 0.05) is 38.8 Å². The molecule has 1 aliphatic heterocycles. The Bertz CT molecular complexity index is 542. The summed E-state index contributed by atoms with van der Waals surface area (Å²) < 4.78 is 0. The largest absolute Gasteiger partial charge is 0.375 e. The Balaban J connectivity index is 1.58. The molecular formula is C19H30N4O2. The van der Waals surface area contributed by atoms with Gasteiger partial charge in [0.1, 0.15) is 0 Å². The van der Waals surface area contributed by atoms with Crippen LogP contribution in [-0.4, -0.2) is 63.5 Å². The molecule has 0 atom stereocenters. The molecule has 0 spiro atoms. The number of likely N-dealkylation sites (tertiary alicyclic amines) is 1. The number of hydrogen-bond donors (Lipinski definition) is 2. The lowest BCUT2D eigenvalue weighted by molar-refractivity contribution is -0.126. The number of hydrogen-bond acceptors (Lipinski definition) is 4. The first-order chi connectivity index (χ1) is 12.1. The molecule has 6 heteroatoms. The van der Waals surface area contributed by atoms with Crippen LogP contribution in [0.3, 0.4) is 0 Å². The van der Waals surface area contributed by atoms with Gasteiger partial charge < -0.3 is 15.5 Å². The first-order valence-corrected chi connectivity index (χ1v) is 9.07. The van der Waals surface area contributed by atoms with Gasteiger partial charge in [-0.05, 0) is 44.5 Å². The quantitative estimate of drug-likeness (QED) is 0.692. The molecule has 1 aromatic carbocycles. The van der Waals surface area contributed by atoms with Gasteiger partial charge in [-0.2, -0.15) is 0 Å². The third-order valence-electron chi connectivity index (χ3n) is 4.76. The van der Waals surface area contributed by atoms with Crippen molar-refractivity contribution in [1.82, 2.24) is 15.5 Å². The number of rotatable bonds is 8. The van der Waals surface area contributed by atoms with Crippen molar-refractivity contribution in [2.24, 2.45) is 5.92 Å². The Morgan fingerprint density at radius 3 is 2.52 bits per heavy atom. The smallest absolute Gasteiger partial charge is 0.234 e. The van der Waals surface area contributed by atoms with Crippen molar-refractivity contribution < 1.29 is 9.59 Å². The summed E-state index contributed by atoms with van der Waals surface area (Å²) in [6.07, 6.45) is 2.57. The van der Waals surface area contributed by atoms with Crippen LogP contribution in [0.5, 0.6) is 0 Å². The highest BCUT2D eigenvalue weighted by Crippen LogP contribution is 2.16. The molecule has 25 heavy (non-hydrogen) atoms. The van der Waals surface area contributed by atoms with E-state index in [-0.39, 0.29) is 17.7 Å². The summed E-state index contributed by atoms with van der Waals surface area (Å²) >= 11 is 0. The maximum Gasteiger partial charge on any atom is 0.234 e. The van der Waals surface area contributed by atoms with Gasteiger partial charge in [-0.15, -0.1) is 0 Å². The van der Waals surface area contributed by atoms with Crippen LogP contribution in [0, 0.1) is 5.92 Å². The standard InChI is InChI=1S/C19H30N4O2/c1-20-19(25)16-9-13-23(14-10-16)15-18(24)21-11-6-12-22(2)17-7-4-3-5-8-17/h3-5,7-8,16H,6,9-15H2,1-2H3,(H,20,25)(H,21,24). The highest BCUT2D eigenvalue weighted by molar-refractivity contribution is 5.79. The Morgan fingerprint density at radius 1 is 1.20 bits per heavy atom. The monoisotopic (exact) mass is 346 g/mol. The van der Waals surface area contributed by atoms with Crippen LogP contribution in [0.1, 0.15) is 19.3 Å². The molecular weight excluding hydrogens is 316 g/mol. The van der Waals surface area contributed by atoms with Crippen molar-refractivity contribution in [2.45, 2.75) is 19.3 Å².